The van der Waals surface area contributed by atoms with Crippen molar-refractivity contribution >= 4 is 22.7 Å². The molecule has 0 aliphatic carbocycles. The summed E-state index contributed by atoms with van der Waals surface area (Å²) in [5, 5.41) is 8.08. The van der Waals surface area contributed by atoms with E-state index in [9.17, 15) is 9.59 Å². The van der Waals surface area contributed by atoms with Gasteiger partial charge in [-0.2, -0.15) is 9.78 Å². The van der Waals surface area contributed by atoms with Crippen LogP contribution in [0.2, 0.25) is 0 Å². The summed E-state index contributed by atoms with van der Waals surface area (Å²) in [7, 11) is 1.56. The number of rotatable bonds is 6. The number of nitrogens with one attached hydrogen (secondary N) is 1. The second-order valence-electron chi connectivity index (χ2n) is 7.17. The monoisotopic (exact) mass is 418 g/mol. The highest BCUT2D eigenvalue weighted by Crippen LogP contribution is 2.24. The molecule has 3 heterocycles. The van der Waals surface area contributed by atoms with Crippen molar-refractivity contribution < 1.29 is 13.9 Å². The van der Waals surface area contributed by atoms with Gasteiger partial charge in [0.05, 0.1) is 12.8 Å². The van der Waals surface area contributed by atoms with Gasteiger partial charge in [-0.1, -0.05) is 6.07 Å². The number of aromatic nitrogens is 3. The van der Waals surface area contributed by atoms with Crippen molar-refractivity contribution in [1.82, 2.24) is 14.8 Å². The molecule has 0 aliphatic heterocycles. The van der Waals surface area contributed by atoms with Crippen LogP contribution in [0, 0.1) is 13.8 Å². The smallest absolute Gasteiger partial charge is 0.339 e. The number of ether oxygens (including phenoxy) is 1. The first-order chi connectivity index (χ1) is 15.0. The van der Waals surface area contributed by atoms with Gasteiger partial charge in [0.25, 0.3) is 0 Å². The summed E-state index contributed by atoms with van der Waals surface area (Å²) in [5.74, 6) is 1.51. The molecule has 0 spiro atoms. The molecule has 0 aliphatic rings. The first-order valence-corrected chi connectivity index (χ1v) is 9.84. The molecule has 0 unspecified atom stereocenters. The Kier molecular flexibility index (Phi) is 5.53. The van der Waals surface area contributed by atoms with E-state index in [2.05, 4.69) is 15.4 Å². The van der Waals surface area contributed by atoms with Gasteiger partial charge in [-0.3, -0.25) is 4.79 Å². The number of hydrogen-bond donors (Lipinski definition) is 1. The van der Waals surface area contributed by atoms with Gasteiger partial charge in [0.2, 0.25) is 5.91 Å². The Morgan fingerprint density at radius 2 is 2.03 bits per heavy atom. The number of amides is 1. The fourth-order valence-corrected chi connectivity index (χ4v) is 3.48. The molecular formula is C23H22N4O4. The number of aryl methyl sites for hydroxylation is 2. The van der Waals surface area contributed by atoms with Crippen LogP contribution < -0.4 is 15.7 Å². The number of methoxy groups -OCH3 is 1. The highest BCUT2D eigenvalue weighted by molar-refractivity contribution is 5.90. The van der Waals surface area contributed by atoms with Gasteiger partial charge >= 0.3 is 5.63 Å². The molecule has 0 saturated carbocycles. The zero-order valence-electron chi connectivity index (χ0n) is 17.5. The van der Waals surface area contributed by atoms with E-state index in [4.69, 9.17) is 9.15 Å². The van der Waals surface area contributed by atoms with Crippen molar-refractivity contribution in [2.24, 2.45) is 0 Å². The molecule has 0 radical (unpaired) electrons. The van der Waals surface area contributed by atoms with Crippen molar-refractivity contribution in [3.63, 3.8) is 0 Å². The van der Waals surface area contributed by atoms with Crippen LogP contribution in [0.1, 0.15) is 23.2 Å². The minimum Gasteiger partial charge on any atom is -0.497 e. The number of benzene rings is 1. The second kappa shape index (κ2) is 8.43. The van der Waals surface area contributed by atoms with Crippen molar-refractivity contribution in [3.8, 4) is 11.6 Å². The average Bonchev–Trinajstić information content (AvgIpc) is 3.13. The molecule has 8 heteroatoms. The van der Waals surface area contributed by atoms with Crippen LogP contribution in [0.25, 0.3) is 16.8 Å². The highest BCUT2D eigenvalue weighted by atomic mass is 16.5. The number of carbonyl (C=O) groups excluding carboxylic acids is 1. The Hall–Kier alpha value is -3.94. The third-order valence-corrected chi connectivity index (χ3v) is 5.06. The zero-order valence-corrected chi connectivity index (χ0v) is 17.5. The van der Waals surface area contributed by atoms with E-state index in [1.54, 1.807) is 36.2 Å². The van der Waals surface area contributed by atoms with Crippen molar-refractivity contribution in [2.45, 2.75) is 26.7 Å². The molecule has 0 saturated heterocycles. The highest BCUT2D eigenvalue weighted by Gasteiger charge is 2.16. The minimum atomic E-state index is -0.444. The molecule has 4 aromatic rings. The molecule has 3 aromatic heterocycles. The van der Waals surface area contributed by atoms with E-state index in [0.29, 0.717) is 28.5 Å². The van der Waals surface area contributed by atoms with Gasteiger partial charge in [0.15, 0.2) is 5.82 Å². The lowest BCUT2D eigenvalue weighted by Gasteiger charge is -2.10. The van der Waals surface area contributed by atoms with Gasteiger partial charge in [-0.05, 0) is 50.1 Å². The molecule has 0 bridgehead atoms. The van der Waals surface area contributed by atoms with Crippen molar-refractivity contribution in [1.29, 1.82) is 0 Å². The lowest BCUT2D eigenvalue weighted by atomic mass is 10.0. The molecule has 158 valence electrons. The normalized spacial score (nSPS) is 10.9. The molecule has 1 amide bonds. The van der Waals surface area contributed by atoms with E-state index in [1.807, 2.05) is 38.1 Å². The standard InChI is InChI=1S/C23H22N4O4/c1-14-12-21(27(26-14)20-6-4-5-11-24-20)25-22(28)10-9-18-15(2)17-8-7-16(30-3)13-19(17)31-23(18)29/h4-8,11-13H,9-10H2,1-3H3,(H,25,28). The third kappa shape index (κ3) is 4.18. The molecule has 8 nitrogen and oxygen atoms in total. The van der Waals surface area contributed by atoms with E-state index >= 15 is 0 Å². The maximum Gasteiger partial charge on any atom is 0.339 e. The molecule has 1 aromatic carbocycles. The maximum atomic E-state index is 12.6. The first kappa shape index (κ1) is 20.3. The topological polar surface area (TPSA) is 99.2 Å². The summed E-state index contributed by atoms with van der Waals surface area (Å²) in [6.07, 6.45) is 2.05. The number of nitrogens with zero attached hydrogens (tertiary/aromatic N) is 3. The molecule has 0 atom stereocenters. The minimum absolute atomic E-state index is 0.125. The van der Waals surface area contributed by atoms with Crippen LogP contribution in [0.15, 0.2) is 57.9 Å². The van der Waals surface area contributed by atoms with Gasteiger partial charge in [0.1, 0.15) is 17.2 Å². The third-order valence-electron chi connectivity index (χ3n) is 5.06. The van der Waals surface area contributed by atoms with E-state index in [1.165, 1.54) is 0 Å². The zero-order chi connectivity index (χ0) is 22.0. The number of fused-ring (bicyclic) bond motifs is 1. The van der Waals surface area contributed by atoms with Crippen LogP contribution >= 0.6 is 0 Å². The average molecular weight is 418 g/mol. The van der Waals surface area contributed by atoms with Gasteiger partial charge in [-0.15, -0.1) is 0 Å². The lowest BCUT2D eigenvalue weighted by Crippen LogP contribution is -2.18. The number of anilines is 1. The van der Waals surface area contributed by atoms with E-state index in [0.717, 1.165) is 16.6 Å². The predicted octanol–water partition coefficient (Wildman–Crippen LogP) is 3.57. The van der Waals surface area contributed by atoms with Crippen LogP contribution in [0.4, 0.5) is 5.82 Å². The summed E-state index contributed by atoms with van der Waals surface area (Å²) in [6, 6.07) is 12.6. The number of pyridine rings is 1. The number of hydrogen-bond acceptors (Lipinski definition) is 6. The van der Waals surface area contributed by atoms with Gasteiger partial charge in [0, 0.05) is 35.7 Å². The summed E-state index contributed by atoms with van der Waals surface area (Å²) in [5.41, 5.74) is 2.06. The molecule has 4 rings (SSSR count). The Morgan fingerprint density at radius 3 is 2.77 bits per heavy atom. The Labute approximate surface area is 178 Å². The maximum absolute atomic E-state index is 12.6. The summed E-state index contributed by atoms with van der Waals surface area (Å²) >= 11 is 0. The SMILES string of the molecule is COc1ccc2c(C)c(CCC(=O)Nc3cc(C)nn3-c3ccccn3)c(=O)oc2c1. The van der Waals surface area contributed by atoms with Gasteiger partial charge in [-0.25, -0.2) is 9.78 Å². The quantitative estimate of drug-likeness (QED) is 0.481. The fraction of sp³-hybridized carbons (Fsp3) is 0.217. The van der Waals surface area contributed by atoms with E-state index in [-0.39, 0.29) is 18.7 Å². The Balaban J connectivity index is 1.53. The molecule has 1 N–H and O–H groups in total. The van der Waals surface area contributed by atoms with Crippen LogP contribution in [0.5, 0.6) is 5.75 Å². The second-order valence-corrected chi connectivity index (χ2v) is 7.17. The van der Waals surface area contributed by atoms with Gasteiger partial charge < -0.3 is 14.5 Å². The predicted molar refractivity (Wildman–Crippen MR) is 117 cm³/mol. The Morgan fingerprint density at radius 1 is 1.19 bits per heavy atom. The van der Waals surface area contributed by atoms with Crippen LogP contribution in [-0.2, 0) is 11.2 Å². The largest absolute Gasteiger partial charge is 0.497 e. The summed E-state index contributed by atoms with van der Waals surface area (Å²) < 4.78 is 12.2. The van der Waals surface area contributed by atoms with Crippen LogP contribution in [-0.4, -0.2) is 27.8 Å². The fourth-order valence-electron chi connectivity index (χ4n) is 3.48. The molecule has 31 heavy (non-hydrogen) atoms. The molecular weight excluding hydrogens is 396 g/mol. The first-order valence-electron chi connectivity index (χ1n) is 9.84. The van der Waals surface area contributed by atoms with Crippen LogP contribution in [0.3, 0.4) is 0 Å². The lowest BCUT2D eigenvalue weighted by molar-refractivity contribution is -0.116. The van der Waals surface area contributed by atoms with Crippen molar-refractivity contribution in [3.05, 3.63) is 75.9 Å². The summed E-state index contributed by atoms with van der Waals surface area (Å²) in [4.78, 5) is 29.4. The Bertz CT molecular complexity index is 1310. The number of carbonyl (C=O) groups is 1. The van der Waals surface area contributed by atoms with E-state index < -0.39 is 5.63 Å². The molecule has 0 fully saturated rings. The van der Waals surface area contributed by atoms with Crippen molar-refractivity contribution in [2.75, 3.05) is 12.4 Å². The summed E-state index contributed by atoms with van der Waals surface area (Å²) in [6.45, 7) is 3.70.